The molecule has 36 heavy (non-hydrogen) atoms. The second kappa shape index (κ2) is 10.9. The molecule has 0 saturated carbocycles. The molecule has 192 valence electrons. The van der Waals surface area contributed by atoms with E-state index < -0.39 is 26.8 Å². The number of hydrogen-bond donors (Lipinski definition) is 1. The number of carbonyl (C=O) groups excluding carboxylic acids is 1. The van der Waals surface area contributed by atoms with Crippen LogP contribution in [0.15, 0.2) is 77.7 Å². The van der Waals surface area contributed by atoms with Crippen molar-refractivity contribution in [2.24, 2.45) is 0 Å². The Morgan fingerprint density at radius 2 is 1.64 bits per heavy atom. The fraction of sp³-hybridized carbons (Fsp3) is 0.240. The largest absolute Gasteiger partial charge is 0.497 e. The smallest absolute Gasteiger partial charge is 0.416 e. The first kappa shape index (κ1) is 26.9. The fourth-order valence-electron chi connectivity index (χ4n) is 3.23. The van der Waals surface area contributed by atoms with E-state index in [-0.39, 0.29) is 24.4 Å². The van der Waals surface area contributed by atoms with Gasteiger partial charge in [-0.15, -0.1) is 0 Å². The van der Waals surface area contributed by atoms with E-state index in [0.717, 1.165) is 18.2 Å². The zero-order chi connectivity index (χ0) is 26.5. The SMILES string of the molecule is COc1cccc(NC(=O)N(Cc2ccc(OS(=O)(=O)c3cccc(C(F)(F)F)c3)cc2)C(C)C)c1. The molecule has 2 amide bonds. The Morgan fingerprint density at radius 3 is 2.25 bits per heavy atom. The summed E-state index contributed by atoms with van der Waals surface area (Å²) in [6, 6.07) is 15.6. The maximum atomic E-state index is 12.9. The molecular weight excluding hydrogens is 497 g/mol. The van der Waals surface area contributed by atoms with E-state index in [1.165, 1.54) is 19.2 Å². The lowest BCUT2D eigenvalue weighted by molar-refractivity contribution is -0.137. The summed E-state index contributed by atoms with van der Waals surface area (Å²) in [4.78, 5) is 13.8. The number of hydrogen-bond acceptors (Lipinski definition) is 5. The van der Waals surface area contributed by atoms with Crippen LogP contribution in [0.25, 0.3) is 0 Å². The van der Waals surface area contributed by atoms with Crippen molar-refractivity contribution < 1.29 is 35.3 Å². The van der Waals surface area contributed by atoms with E-state index in [1.54, 1.807) is 41.3 Å². The summed E-state index contributed by atoms with van der Waals surface area (Å²) in [5.74, 6) is 0.521. The predicted octanol–water partition coefficient (Wildman–Crippen LogP) is 5.92. The molecule has 3 aromatic carbocycles. The van der Waals surface area contributed by atoms with Gasteiger partial charge >= 0.3 is 22.3 Å². The van der Waals surface area contributed by atoms with Gasteiger partial charge in [0.05, 0.1) is 12.7 Å². The maximum Gasteiger partial charge on any atom is 0.416 e. The number of nitrogens with zero attached hydrogens (tertiary/aromatic N) is 1. The quantitative estimate of drug-likeness (QED) is 0.371. The van der Waals surface area contributed by atoms with E-state index in [2.05, 4.69) is 5.32 Å². The van der Waals surface area contributed by atoms with E-state index in [9.17, 15) is 26.4 Å². The van der Waals surface area contributed by atoms with Gasteiger partial charge in [-0.1, -0.05) is 24.3 Å². The van der Waals surface area contributed by atoms with Gasteiger partial charge < -0.3 is 19.1 Å². The second-order valence-corrected chi connectivity index (χ2v) is 9.64. The zero-order valence-electron chi connectivity index (χ0n) is 19.7. The molecule has 0 unspecified atom stereocenters. The molecule has 3 rings (SSSR count). The van der Waals surface area contributed by atoms with Crippen LogP contribution in [-0.4, -0.2) is 32.5 Å². The summed E-state index contributed by atoms with van der Waals surface area (Å²) in [6.45, 7) is 3.92. The molecule has 0 saturated heterocycles. The second-order valence-electron chi connectivity index (χ2n) is 8.09. The van der Waals surface area contributed by atoms with Crippen LogP contribution in [0.1, 0.15) is 25.0 Å². The summed E-state index contributed by atoms with van der Waals surface area (Å²) >= 11 is 0. The van der Waals surface area contributed by atoms with Crippen LogP contribution in [0.3, 0.4) is 0 Å². The molecule has 11 heteroatoms. The first-order valence-corrected chi connectivity index (χ1v) is 12.2. The zero-order valence-corrected chi connectivity index (χ0v) is 20.6. The van der Waals surface area contributed by atoms with E-state index in [0.29, 0.717) is 23.1 Å². The molecule has 7 nitrogen and oxygen atoms in total. The number of nitrogens with one attached hydrogen (secondary N) is 1. The molecule has 0 spiro atoms. The topological polar surface area (TPSA) is 84.9 Å². The van der Waals surface area contributed by atoms with Crippen LogP contribution in [0, 0.1) is 0 Å². The average Bonchev–Trinajstić information content (AvgIpc) is 2.82. The highest BCUT2D eigenvalue weighted by Crippen LogP contribution is 2.31. The number of amides is 2. The standard InChI is InChI=1S/C25H25F3N2O5S/c1-17(2)30(24(31)29-20-7-5-8-22(15-20)34-3)16-18-10-12-21(13-11-18)35-36(32,33)23-9-4-6-19(14-23)25(26,27)28/h4-15,17H,16H2,1-3H3,(H,29,31). The minimum Gasteiger partial charge on any atom is -0.497 e. The number of rotatable bonds is 8. The number of ether oxygens (including phenoxy) is 1. The molecule has 0 aliphatic heterocycles. The third kappa shape index (κ3) is 6.91. The van der Waals surface area contributed by atoms with Crippen LogP contribution < -0.4 is 14.2 Å². The van der Waals surface area contributed by atoms with Gasteiger partial charge in [-0.2, -0.15) is 21.6 Å². The van der Waals surface area contributed by atoms with Gasteiger partial charge in [0.25, 0.3) is 0 Å². The number of urea groups is 1. The Kier molecular flexibility index (Phi) is 8.13. The highest BCUT2D eigenvalue weighted by Gasteiger charge is 2.32. The number of carbonyl (C=O) groups is 1. The minimum absolute atomic E-state index is 0.0758. The third-order valence-electron chi connectivity index (χ3n) is 5.14. The Balaban J connectivity index is 1.71. The number of methoxy groups -OCH3 is 1. The van der Waals surface area contributed by atoms with Gasteiger partial charge in [0.2, 0.25) is 0 Å². The summed E-state index contributed by atoms with van der Waals surface area (Å²) in [7, 11) is -2.96. The van der Waals surface area contributed by atoms with Gasteiger partial charge in [-0.3, -0.25) is 0 Å². The van der Waals surface area contributed by atoms with Crippen molar-refractivity contribution in [3.8, 4) is 11.5 Å². The minimum atomic E-state index is -4.69. The van der Waals surface area contributed by atoms with Crippen LogP contribution in [0.2, 0.25) is 0 Å². The number of halogens is 3. The number of benzene rings is 3. The summed E-state index contributed by atoms with van der Waals surface area (Å²) < 4.78 is 73.9. The van der Waals surface area contributed by atoms with E-state index >= 15 is 0 Å². The van der Waals surface area contributed by atoms with Crippen molar-refractivity contribution in [2.75, 3.05) is 12.4 Å². The lowest BCUT2D eigenvalue weighted by Gasteiger charge is -2.27. The van der Waals surface area contributed by atoms with Crippen LogP contribution in [0.4, 0.5) is 23.7 Å². The molecule has 0 fully saturated rings. The lowest BCUT2D eigenvalue weighted by atomic mass is 10.2. The molecule has 0 aromatic heterocycles. The van der Waals surface area contributed by atoms with E-state index in [4.69, 9.17) is 8.92 Å². The molecule has 1 N–H and O–H groups in total. The van der Waals surface area contributed by atoms with Crippen molar-refractivity contribution in [3.05, 3.63) is 83.9 Å². The third-order valence-corrected chi connectivity index (χ3v) is 6.38. The Labute approximate surface area is 207 Å². The molecule has 0 aliphatic carbocycles. The number of anilines is 1. The highest BCUT2D eigenvalue weighted by molar-refractivity contribution is 7.87. The first-order valence-electron chi connectivity index (χ1n) is 10.8. The van der Waals surface area contributed by atoms with Gasteiger partial charge in [-0.05, 0) is 61.9 Å². The van der Waals surface area contributed by atoms with Crippen molar-refractivity contribution >= 4 is 21.8 Å². The van der Waals surface area contributed by atoms with Gasteiger partial charge in [-0.25, -0.2) is 4.79 Å². The van der Waals surface area contributed by atoms with Crippen molar-refractivity contribution in [3.63, 3.8) is 0 Å². The van der Waals surface area contributed by atoms with Gasteiger partial charge in [0.15, 0.2) is 0 Å². The molecular formula is C25H25F3N2O5S. The maximum absolute atomic E-state index is 12.9. The molecule has 0 radical (unpaired) electrons. The molecule has 0 atom stereocenters. The van der Waals surface area contributed by atoms with Crippen molar-refractivity contribution in [1.82, 2.24) is 4.90 Å². The van der Waals surface area contributed by atoms with Crippen LogP contribution in [0.5, 0.6) is 11.5 Å². The van der Waals surface area contributed by atoms with E-state index in [1.807, 2.05) is 13.8 Å². The average molecular weight is 523 g/mol. The summed E-state index contributed by atoms with van der Waals surface area (Å²) in [5.41, 5.74) is 0.158. The highest BCUT2D eigenvalue weighted by atomic mass is 32.2. The van der Waals surface area contributed by atoms with Crippen molar-refractivity contribution in [1.29, 1.82) is 0 Å². The summed E-state index contributed by atoms with van der Waals surface area (Å²) in [5, 5.41) is 2.82. The Hall–Kier alpha value is -3.73. The molecule has 0 bridgehead atoms. The Bertz CT molecular complexity index is 1310. The Morgan fingerprint density at radius 1 is 0.972 bits per heavy atom. The van der Waals surface area contributed by atoms with Gasteiger partial charge in [0, 0.05) is 24.3 Å². The number of alkyl halides is 3. The first-order chi connectivity index (χ1) is 16.9. The van der Waals surface area contributed by atoms with Crippen LogP contribution >= 0.6 is 0 Å². The van der Waals surface area contributed by atoms with Gasteiger partial charge in [0.1, 0.15) is 16.4 Å². The predicted molar refractivity (Wildman–Crippen MR) is 128 cm³/mol. The van der Waals surface area contributed by atoms with Crippen molar-refractivity contribution in [2.45, 2.75) is 37.5 Å². The molecule has 0 aliphatic rings. The molecule has 0 heterocycles. The monoisotopic (exact) mass is 522 g/mol. The van der Waals surface area contributed by atoms with Crippen LogP contribution in [-0.2, 0) is 22.8 Å². The fourth-order valence-corrected chi connectivity index (χ4v) is 4.21. The molecule has 3 aromatic rings. The lowest BCUT2D eigenvalue weighted by Crippen LogP contribution is -2.39. The normalized spacial score (nSPS) is 11.8. The summed E-state index contributed by atoms with van der Waals surface area (Å²) in [6.07, 6.45) is -4.69.